The SMILES string of the molecule is N#CC1C(C2CCN(C(=N)N)CC2)=Nc2[nH]ncc2C1c1cccc2nonc12. The first-order valence-electron chi connectivity index (χ1n) is 9.49. The molecule has 2 aliphatic heterocycles. The van der Waals surface area contributed by atoms with Crippen molar-refractivity contribution in [1.82, 2.24) is 25.4 Å². The number of nitriles is 1. The number of aliphatic imine (C=N–C) groups is 1. The van der Waals surface area contributed by atoms with Crippen LogP contribution in [0.5, 0.6) is 0 Å². The summed E-state index contributed by atoms with van der Waals surface area (Å²) in [5, 5.41) is 33.0. The largest absolute Gasteiger partial charge is 0.370 e. The lowest BCUT2D eigenvalue weighted by molar-refractivity contribution is 0.301. The maximum absolute atomic E-state index is 10.2. The van der Waals surface area contributed by atoms with Crippen molar-refractivity contribution in [2.75, 3.05) is 13.1 Å². The number of hydrogen-bond donors (Lipinski definition) is 3. The summed E-state index contributed by atoms with van der Waals surface area (Å²) in [7, 11) is 0. The molecule has 4 N–H and O–H groups in total. The summed E-state index contributed by atoms with van der Waals surface area (Å²) < 4.78 is 4.94. The van der Waals surface area contributed by atoms with Crippen LogP contribution in [-0.2, 0) is 0 Å². The second-order valence-electron chi connectivity index (χ2n) is 7.42. The zero-order chi connectivity index (χ0) is 20.0. The van der Waals surface area contributed by atoms with Crippen LogP contribution in [-0.4, -0.2) is 50.2 Å². The maximum Gasteiger partial charge on any atom is 0.188 e. The lowest BCUT2D eigenvalue weighted by Crippen LogP contribution is -2.45. The highest BCUT2D eigenvalue weighted by Crippen LogP contribution is 2.45. The lowest BCUT2D eigenvalue weighted by Gasteiger charge is -2.36. The Morgan fingerprint density at radius 3 is 2.86 bits per heavy atom. The van der Waals surface area contributed by atoms with Crippen LogP contribution in [0.15, 0.2) is 34.0 Å². The van der Waals surface area contributed by atoms with E-state index >= 15 is 0 Å². The number of nitrogens with two attached hydrogens (primary N) is 1. The Hall–Kier alpha value is -3.74. The highest BCUT2D eigenvalue weighted by Gasteiger charge is 2.40. The van der Waals surface area contributed by atoms with Gasteiger partial charge in [0.05, 0.1) is 18.2 Å². The molecule has 0 spiro atoms. The molecule has 0 radical (unpaired) electrons. The molecule has 10 heteroatoms. The van der Waals surface area contributed by atoms with E-state index in [-0.39, 0.29) is 17.8 Å². The van der Waals surface area contributed by atoms with E-state index in [1.165, 1.54) is 0 Å². The van der Waals surface area contributed by atoms with Crippen LogP contribution < -0.4 is 5.73 Å². The van der Waals surface area contributed by atoms with Gasteiger partial charge in [-0.25, -0.2) is 9.62 Å². The molecule has 0 aliphatic carbocycles. The van der Waals surface area contributed by atoms with Gasteiger partial charge in [0.25, 0.3) is 0 Å². The Morgan fingerprint density at radius 2 is 2.10 bits per heavy atom. The Bertz CT molecular complexity index is 1150. The van der Waals surface area contributed by atoms with Gasteiger partial charge in [0.15, 0.2) is 11.8 Å². The van der Waals surface area contributed by atoms with E-state index in [0.717, 1.165) is 29.7 Å². The number of nitrogens with one attached hydrogen (secondary N) is 2. The molecule has 2 unspecified atom stereocenters. The van der Waals surface area contributed by atoms with Gasteiger partial charge in [-0.1, -0.05) is 12.1 Å². The first-order valence-corrected chi connectivity index (χ1v) is 9.49. The lowest BCUT2D eigenvalue weighted by atomic mass is 9.73. The molecule has 146 valence electrons. The predicted molar refractivity (Wildman–Crippen MR) is 105 cm³/mol. The summed E-state index contributed by atoms with van der Waals surface area (Å²) in [6, 6.07) is 8.18. The van der Waals surface area contributed by atoms with E-state index in [1.54, 1.807) is 6.20 Å². The van der Waals surface area contributed by atoms with Crippen LogP contribution in [0.3, 0.4) is 0 Å². The molecular weight excluding hydrogens is 370 g/mol. The van der Waals surface area contributed by atoms with Crippen LogP contribution in [0.2, 0.25) is 0 Å². The molecule has 1 fully saturated rings. The number of rotatable bonds is 2. The fraction of sp³-hybridized carbons (Fsp3) is 0.368. The monoisotopic (exact) mass is 389 g/mol. The molecule has 2 aliphatic rings. The third kappa shape index (κ3) is 2.74. The van der Waals surface area contributed by atoms with E-state index in [0.29, 0.717) is 29.9 Å². The molecule has 1 saturated heterocycles. The van der Waals surface area contributed by atoms with E-state index in [4.69, 9.17) is 20.8 Å². The summed E-state index contributed by atoms with van der Waals surface area (Å²) in [4.78, 5) is 6.66. The Kier molecular flexibility index (Phi) is 4.01. The fourth-order valence-electron chi connectivity index (χ4n) is 4.48. The summed E-state index contributed by atoms with van der Waals surface area (Å²) in [6.45, 7) is 1.36. The zero-order valence-electron chi connectivity index (χ0n) is 15.5. The van der Waals surface area contributed by atoms with Gasteiger partial charge < -0.3 is 10.6 Å². The van der Waals surface area contributed by atoms with E-state index < -0.39 is 5.92 Å². The van der Waals surface area contributed by atoms with E-state index in [1.807, 2.05) is 23.1 Å². The normalized spacial score (nSPS) is 22.2. The second-order valence-corrected chi connectivity index (χ2v) is 7.42. The molecule has 2 atom stereocenters. The van der Waals surface area contributed by atoms with Crippen LogP contribution in [0, 0.1) is 28.6 Å². The summed E-state index contributed by atoms with van der Waals surface area (Å²) in [6.07, 6.45) is 3.32. The third-order valence-corrected chi connectivity index (χ3v) is 5.92. The first-order chi connectivity index (χ1) is 14.2. The molecule has 5 rings (SSSR count). The zero-order valence-corrected chi connectivity index (χ0v) is 15.5. The molecule has 29 heavy (non-hydrogen) atoms. The van der Waals surface area contributed by atoms with E-state index in [9.17, 15) is 5.26 Å². The minimum atomic E-state index is -0.448. The van der Waals surface area contributed by atoms with Crippen molar-refractivity contribution in [3.05, 3.63) is 35.5 Å². The van der Waals surface area contributed by atoms with Crippen LogP contribution in [0.4, 0.5) is 5.82 Å². The molecule has 0 amide bonds. The van der Waals surface area contributed by atoms with Gasteiger partial charge in [-0.05, 0) is 34.8 Å². The number of guanidine groups is 1. The maximum atomic E-state index is 10.2. The van der Waals surface area contributed by atoms with Gasteiger partial charge in [-0.15, -0.1) is 0 Å². The molecule has 0 bridgehead atoms. The van der Waals surface area contributed by atoms with Gasteiger partial charge in [-0.2, -0.15) is 10.4 Å². The van der Waals surface area contributed by atoms with Crippen molar-refractivity contribution in [2.45, 2.75) is 18.8 Å². The van der Waals surface area contributed by atoms with E-state index in [2.05, 4.69) is 26.6 Å². The average Bonchev–Trinajstić information content (AvgIpc) is 3.41. The first kappa shape index (κ1) is 17.4. The van der Waals surface area contributed by atoms with Crippen LogP contribution in [0.1, 0.15) is 29.9 Å². The summed E-state index contributed by atoms with van der Waals surface area (Å²) in [5.41, 5.74) is 9.54. The van der Waals surface area contributed by atoms with Crippen LogP contribution >= 0.6 is 0 Å². The topological polar surface area (TPSA) is 157 Å². The van der Waals surface area contributed by atoms with Crippen molar-refractivity contribution in [3.63, 3.8) is 0 Å². The fourth-order valence-corrected chi connectivity index (χ4v) is 4.48. The van der Waals surface area contributed by atoms with Crippen molar-refractivity contribution >= 4 is 28.5 Å². The molecule has 0 saturated carbocycles. The Balaban J connectivity index is 1.58. The number of H-pyrrole nitrogens is 1. The minimum absolute atomic E-state index is 0.0878. The number of nitrogens with zero attached hydrogens (tertiary/aromatic N) is 6. The van der Waals surface area contributed by atoms with Crippen LogP contribution in [0.25, 0.3) is 11.0 Å². The minimum Gasteiger partial charge on any atom is -0.370 e. The number of benzene rings is 1. The van der Waals surface area contributed by atoms with Crippen molar-refractivity contribution < 1.29 is 4.63 Å². The number of likely N-dealkylation sites (tertiary alicyclic amines) is 1. The molecule has 3 aromatic rings. The van der Waals surface area contributed by atoms with Crippen molar-refractivity contribution in [2.24, 2.45) is 22.6 Å². The molecule has 2 aromatic heterocycles. The number of piperidine rings is 1. The third-order valence-electron chi connectivity index (χ3n) is 5.92. The summed E-state index contributed by atoms with van der Waals surface area (Å²) >= 11 is 0. The highest BCUT2D eigenvalue weighted by molar-refractivity contribution is 5.97. The quantitative estimate of drug-likeness (QED) is 0.446. The van der Waals surface area contributed by atoms with Gasteiger partial charge in [0.2, 0.25) is 0 Å². The van der Waals surface area contributed by atoms with Gasteiger partial charge in [-0.3, -0.25) is 10.5 Å². The van der Waals surface area contributed by atoms with Gasteiger partial charge in [0.1, 0.15) is 11.0 Å². The summed E-state index contributed by atoms with van der Waals surface area (Å²) in [5.74, 6) is 0.201. The Labute approximate surface area is 165 Å². The van der Waals surface area contributed by atoms with Crippen molar-refractivity contribution in [3.8, 4) is 6.07 Å². The predicted octanol–water partition coefficient (Wildman–Crippen LogP) is 1.91. The van der Waals surface area contributed by atoms with Gasteiger partial charge >= 0.3 is 0 Å². The molecule has 1 aromatic carbocycles. The number of fused-ring (bicyclic) bond motifs is 2. The highest BCUT2D eigenvalue weighted by atomic mass is 16.6. The number of hydrogen-bond acceptors (Lipinski definition) is 7. The smallest absolute Gasteiger partial charge is 0.188 e. The number of aromatic amines is 1. The average molecular weight is 389 g/mol. The second kappa shape index (κ2) is 6.70. The standard InChI is InChI=1S/C19H19N9O/c20-8-12-15(11-2-1-3-14-17(11)27-29-26-14)13-9-23-25-18(13)24-16(12)10-4-6-28(7-5-10)19(21)22/h1-3,9-10,12,15H,4-7H2,(H3,21,22)(H,23,25). The molecule has 10 nitrogen and oxygen atoms in total. The number of aromatic nitrogens is 4. The van der Waals surface area contributed by atoms with Gasteiger partial charge in [0, 0.05) is 36.2 Å². The Morgan fingerprint density at radius 1 is 1.28 bits per heavy atom. The molecular formula is C19H19N9O. The van der Waals surface area contributed by atoms with Crippen molar-refractivity contribution in [1.29, 1.82) is 10.7 Å². The molecule has 4 heterocycles.